The molecule has 0 unspecified atom stereocenters. The molecule has 0 aliphatic rings. The highest BCUT2D eigenvalue weighted by Gasteiger charge is 1.80. The molecule has 1 nitrogen and oxygen atoms in total. The van der Waals surface area contributed by atoms with Crippen LogP contribution in [0.5, 0.6) is 0 Å². The van der Waals surface area contributed by atoms with Crippen LogP contribution in [0.3, 0.4) is 0 Å². The summed E-state index contributed by atoms with van der Waals surface area (Å²) >= 11 is 0. The van der Waals surface area contributed by atoms with Gasteiger partial charge in [0.25, 0.3) is 0 Å². The average Bonchev–Trinajstić information content (AvgIpc) is 2.02. The average molecular weight is 143 g/mol. The Morgan fingerprint density at radius 2 is 1.90 bits per heavy atom. The molecule has 0 aliphatic carbocycles. The van der Waals surface area contributed by atoms with Gasteiger partial charge in [0.2, 0.25) is 0 Å². The lowest BCUT2D eigenvalue weighted by molar-refractivity contribution is 0.685. The minimum Gasteiger partial charge on any atom is -0.320 e. The van der Waals surface area contributed by atoms with Gasteiger partial charge in [-0.3, -0.25) is 0 Å². The highest BCUT2D eigenvalue weighted by atomic mass is 14.8. The number of hydrogen-bond donors (Lipinski definition) is 1. The molecule has 0 rings (SSSR count). The fourth-order valence-corrected chi connectivity index (χ4v) is 0.590. The van der Waals surface area contributed by atoms with Gasteiger partial charge in [-0.25, -0.2) is 0 Å². The van der Waals surface area contributed by atoms with Gasteiger partial charge in [-0.2, -0.15) is 0 Å². The molecule has 0 heterocycles. The van der Waals surface area contributed by atoms with Crippen molar-refractivity contribution in [3.8, 4) is 0 Å². The molecule has 62 valence electrons. The van der Waals surface area contributed by atoms with Crippen LogP contribution in [0.1, 0.15) is 33.1 Å². The van der Waals surface area contributed by atoms with Crippen LogP contribution < -0.4 is 5.32 Å². The molecule has 1 N–H and O–H groups in total. The monoisotopic (exact) mass is 143 g/mol. The summed E-state index contributed by atoms with van der Waals surface area (Å²) in [7, 11) is 1.98. The van der Waals surface area contributed by atoms with Crippen LogP contribution in [0.15, 0.2) is 12.7 Å². The predicted octanol–water partition coefficient (Wildman–Crippen LogP) is 2.59. The molecule has 0 spiro atoms. The lowest BCUT2D eigenvalue weighted by Gasteiger charge is -1.93. The number of nitrogens with one attached hydrogen (secondary N) is 1. The molecular formula is C9H21N. The zero-order valence-corrected chi connectivity index (χ0v) is 7.61. The summed E-state index contributed by atoms with van der Waals surface area (Å²) < 4.78 is 0. The lowest BCUT2D eigenvalue weighted by atomic mass is 10.2. The fraction of sp³-hybridized carbons (Fsp3) is 0.778. The summed E-state index contributed by atoms with van der Waals surface area (Å²) in [6.45, 7) is 8.77. The highest BCUT2D eigenvalue weighted by molar-refractivity contribution is 4.65. The van der Waals surface area contributed by atoms with E-state index in [0.29, 0.717) is 0 Å². The molecule has 0 atom stereocenters. The second-order valence-corrected chi connectivity index (χ2v) is 1.89. The van der Waals surface area contributed by atoms with E-state index in [2.05, 4.69) is 11.9 Å². The molecule has 0 aromatic heterocycles. The summed E-state index contributed by atoms with van der Waals surface area (Å²) in [6, 6.07) is 0. The standard InChI is InChI=1S/C7H15N.C2H6/c1-3-4-5-6-7-8-2;1-2/h3,8H,1,4-7H2,2H3;1-2H3. The van der Waals surface area contributed by atoms with Gasteiger partial charge in [-0.05, 0) is 32.9 Å². The van der Waals surface area contributed by atoms with Crippen molar-refractivity contribution in [1.29, 1.82) is 0 Å². The van der Waals surface area contributed by atoms with E-state index in [1.807, 2.05) is 27.0 Å². The normalized spacial score (nSPS) is 7.90. The summed E-state index contributed by atoms with van der Waals surface area (Å²) in [5.74, 6) is 0. The van der Waals surface area contributed by atoms with E-state index >= 15 is 0 Å². The van der Waals surface area contributed by atoms with Crippen molar-refractivity contribution in [3.05, 3.63) is 12.7 Å². The van der Waals surface area contributed by atoms with Gasteiger partial charge < -0.3 is 5.32 Å². The largest absolute Gasteiger partial charge is 0.320 e. The predicted molar refractivity (Wildman–Crippen MR) is 49.3 cm³/mol. The molecule has 0 saturated heterocycles. The number of allylic oxidation sites excluding steroid dienone is 1. The third-order valence-corrected chi connectivity index (χ3v) is 1.09. The molecule has 0 amide bonds. The molecular weight excluding hydrogens is 122 g/mol. The van der Waals surface area contributed by atoms with Gasteiger partial charge in [0.05, 0.1) is 0 Å². The second kappa shape index (κ2) is 15.9. The van der Waals surface area contributed by atoms with Crippen molar-refractivity contribution in [2.45, 2.75) is 33.1 Å². The minimum atomic E-state index is 1.13. The summed E-state index contributed by atoms with van der Waals surface area (Å²) in [4.78, 5) is 0. The van der Waals surface area contributed by atoms with Crippen molar-refractivity contribution in [2.75, 3.05) is 13.6 Å². The molecule has 0 fully saturated rings. The van der Waals surface area contributed by atoms with Gasteiger partial charge in [0.1, 0.15) is 0 Å². The van der Waals surface area contributed by atoms with Crippen LogP contribution in [-0.4, -0.2) is 13.6 Å². The Labute approximate surface area is 65.5 Å². The van der Waals surface area contributed by atoms with Gasteiger partial charge in [-0.1, -0.05) is 19.9 Å². The van der Waals surface area contributed by atoms with E-state index in [1.165, 1.54) is 12.8 Å². The third-order valence-electron chi connectivity index (χ3n) is 1.09. The Morgan fingerprint density at radius 1 is 1.30 bits per heavy atom. The van der Waals surface area contributed by atoms with Crippen molar-refractivity contribution < 1.29 is 0 Å². The SMILES string of the molecule is C=CCCCCNC.CC. The van der Waals surface area contributed by atoms with Gasteiger partial charge in [0.15, 0.2) is 0 Å². The first-order valence-corrected chi connectivity index (χ1v) is 4.17. The summed E-state index contributed by atoms with van der Waals surface area (Å²) in [6.07, 6.45) is 5.66. The highest BCUT2D eigenvalue weighted by Crippen LogP contribution is 1.92. The van der Waals surface area contributed by atoms with Crippen molar-refractivity contribution in [2.24, 2.45) is 0 Å². The van der Waals surface area contributed by atoms with Crippen LogP contribution in [0.25, 0.3) is 0 Å². The molecule has 0 aromatic carbocycles. The van der Waals surface area contributed by atoms with Crippen LogP contribution in [-0.2, 0) is 0 Å². The zero-order chi connectivity index (χ0) is 8.24. The first-order valence-electron chi connectivity index (χ1n) is 4.17. The lowest BCUT2D eigenvalue weighted by Crippen LogP contribution is -2.06. The van der Waals surface area contributed by atoms with Crippen LogP contribution >= 0.6 is 0 Å². The molecule has 0 aromatic rings. The number of unbranched alkanes of at least 4 members (excludes halogenated alkanes) is 2. The maximum Gasteiger partial charge on any atom is -0.00518 e. The first-order chi connectivity index (χ1) is 4.91. The Balaban J connectivity index is 0. The summed E-state index contributed by atoms with van der Waals surface area (Å²) in [5.41, 5.74) is 0. The Kier molecular flexibility index (Phi) is 19.7. The second-order valence-electron chi connectivity index (χ2n) is 1.89. The van der Waals surface area contributed by atoms with E-state index in [9.17, 15) is 0 Å². The number of rotatable bonds is 5. The van der Waals surface area contributed by atoms with E-state index in [1.54, 1.807) is 0 Å². The van der Waals surface area contributed by atoms with Crippen molar-refractivity contribution in [3.63, 3.8) is 0 Å². The molecule has 1 heteroatoms. The maximum absolute atomic E-state index is 3.64. The topological polar surface area (TPSA) is 12.0 Å². The van der Waals surface area contributed by atoms with Gasteiger partial charge in [0, 0.05) is 0 Å². The Bertz CT molecular complexity index is 50.7. The van der Waals surface area contributed by atoms with E-state index < -0.39 is 0 Å². The minimum absolute atomic E-state index is 1.13. The Hall–Kier alpha value is -0.300. The molecule has 0 aliphatic heterocycles. The first kappa shape index (κ1) is 12.4. The van der Waals surface area contributed by atoms with E-state index in [4.69, 9.17) is 0 Å². The van der Waals surface area contributed by atoms with Gasteiger partial charge >= 0.3 is 0 Å². The number of hydrogen-bond acceptors (Lipinski definition) is 1. The molecule has 0 saturated carbocycles. The maximum atomic E-state index is 3.64. The Morgan fingerprint density at radius 3 is 2.30 bits per heavy atom. The summed E-state index contributed by atoms with van der Waals surface area (Å²) in [5, 5.41) is 3.09. The van der Waals surface area contributed by atoms with Crippen LogP contribution in [0.2, 0.25) is 0 Å². The molecule has 10 heavy (non-hydrogen) atoms. The quantitative estimate of drug-likeness (QED) is 0.461. The molecule has 0 bridgehead atoms. The van der Waals surface area contributed by atoms with Gasteiger partial charge in [-0.15, -0.1) is 6.58 Å². The van der Waals surface area contributed by atoms with E-state index in [-0.39, 0.29) is 0 Å². The van der Waals surface area contributed by atoms with E-state index in [0.717, 1.165) is 13.0 Å². The van der Waals surface area contributed by atoms with Crippen LogP contribution in [0.4, 0.5) is 0 Å². The molecule has 0 radical (unpaired) electrons. The third kappa shape index (κ3) is 15.6. The van der Waals surface area contributed by atoms with Crippen molar-refractivity contribution >= 4 is 0 Å². The fourth-order valence-electron chi connectivity index (χ4n) is 0.590. The zero-order valence-electron chi connectivity index (χ0n) is 7.61. The van der Waals surface area contributed by atoms with Crippen molar-refractivity contribution in [1.82, 2.24) is 5.32 Å². The smallest absolute Gasteiger partial charge is 0.00518 e. The van der Waals surface area contributed by atoms with Crippen LogP contribution in [0, 0.1) is 0 Å².